The first-order chi connectivity index (χ1) is 17.2. The van der Waals surface area contributed by atoms with Crippen LogP contribution in [0, 0.1) is 5.92 Å². The Balaban J connectivity index is 1.50. The van der Waals surface area contributed by atoms with Gasteiger partial charge in [0, 0.05) is 35.2 Å². The minimum Gasteiger partial charge on any atom is -0.493 e. The Labute approximate surface area is 205 Å². The summed E-state index contributed by atoms with van der Waals surface area (Å²) < 4.78 is 16.3. The smallest absolute Gasteiger partial charge is 0.274 e. The maximum absolute atomic E-state index is 13.6. The molecule has 1 aliphatic carbocycles. The van der Waals surface area contributed by atoms with Crippen molar-refractivity contribution in [3.8, 4) is 17.2 Å². The molecule has 0 spiro atoms. The number of nitrogens with one attached hydrogen (secondary N) is 2. The second-order valence-electron chi connectivity index (χ2n) is 8.97. The molecule has 36 heavy (non-hydrogen) atoms. The number of allylic oxidation sites excluding steroid dienone is 2. The van der Waals surface area contributed by atoms with Crippen LogP contribution < -0.4 is 19.5 Å². The zero-order valence-electron chi connectivity index (χ0n) is 20.2. The van der Waals surface area contributed by atoms with E-state index >= 15 is 0 Å². The predicted molar refractivity (Wildman–Crippen MR) is 126 cm³/mol. The Kier molecular flexibility index (Phi) is 5.40. The summed E-state index contributed by atoms with van der Waals surface area (Å²) in [6.07, 6.45) is 1.74. The molecule has 11 nitrogen and oxygen atoms in total. The van der Waals surface area contributed by atoms with Gasteiger partial charge in [0.2, 0.25) is 11.5 Å². The molecule has 2 unspecified atom stereocenters. The number of aliphatic hydroxyl groups excluding tert-OH is 1. The van der Waals surface area contributed by atoms with Gasteiger partial charge in [-0.25, -0.2) is 0 Å². The number of nitrogens with zero attached hydrogens (tertiary/aromatic N) is 1. The molecule has 3 heterocycles. The molecule has 2 aromatic rings. The molecule has 3 aliphatic rings. The summed E-state index contributed by atoms with van der Waals surface area (Å²) >= 11 is 0. The summed E-state index contributed by atoms with van der Waals surface area (Å²) in [5.74, 6) is -1.48. The normalized spacial score (nSPS) is 22.9. The molecular weight excluding hydrogens is 470 g/mol. The van der Waals surface area contributed by atoms with Crippen LogP contribution in [0.2, 0.25) is 0 Å². The number of amides is 1. The van der Waals surface area contributed by atoms with Gasteiger partial charge in [-0.3, -0.25) is 19.2 Å². The molecular formula is C25H25N3O8. The summed E-state index contributed by atoms with van der Waals surface area (Å²) in [7, 11) is 4.47. The van der Waals surface area contributed by atoms with E-state index in [9.17, 15) is 24.3 Å². The fourth-order valence-electron chi connectivity index (χ4n) is 5.26. The van der Waals surface area contributed by atoms with Gasteiger partial charge in [-0.15, -0.1) is 0 Å². The fourth-order valence-corrected chi connectivity index (χ4v) is 5.26. The van der Waals surface area contributed by atoms with E-state index in [4.69, 9.17) is 14.2 Å². The number of fused-ring (bicyclic) bond motifs is 3. The van der Waals surface area contributed by atoms with Gasteiger partial charge in [-0.2, -0.15) is 0 Å². The summed E-state index contributed by atoms with van der Waals surface area (Å²) in [5.41, 5.74) is -0.265. The van der Waals surface area contributed by atoms with E-state index in [1.165, 1.54) is 39.2 Å². The first-order valence-corrected chi connectivity index (χ1v) is 11.3. The largest absolute Gasteiger partial charge is 0.493 e. The van der Waals surface area contributed by atoms with Crippen LogP contribution in [0.3, 0.4) is 0 Å². The van der Waals surface area contributed by atoms with E-state index < -0.39 is 35.4 Å². The Hall–Kier alpha value is -4.12. The fraction of sp³-hybridized carbons (Fsp3) is 0.360. The second-order valence-corrected chi connectivity index (χ2v) is 8.97. The van der Waals surface area contributed by atoms with E-state index in [2.05, 4.69) is 10.3 Å². The highest BCUT2D eigenvalue weighted by Crippen LogP contribution is 2.45. The number of Topliss-reactive ketones (excluding diaryl/α,β-unsaturated/α-hetero) is 2. The first kappa shape index (κ1) is 23.6. The number of hydrogen-bond acceptors (Lipinski definition) is 9. The number of hydrogen-bond donors (Lipinski definition) is 3. The molecule has 0 radical (unpaired) electrons. The second kappa shape index (κ2) is 8.23. The average Bonchev–Trinajstić information content (AvgIpc) is 3.56. The van der Waals surface area contributed by atoms with Crippen LogP contribution in [0.4, 0.5) is 0 Å². The standard InChI is InChI=1S/C25H25N3O8/c1-25(17(31)10-29)23(32)18-12-5-6-28(14(12)9-15(30)20(18)27-25)24(33)13-7-11-8-16(34-2)21(35-3)22(36-4)19(11)26-13/h7-9,12,26-27,29H,5-6,10H2,1-4H3. The van der Waals surface area contributed by atoms with Crippen molar-refractivity contribution in [2.75, 3.05) is 34.5 Å². The number of aromatic amines is 1. The zero-order valence-corrected chi connectivity index (χ0v) is 20.2. The molecule has 1 aromatic heterocycles. The van der Waals surface area contributed by atoms with E-state index in [0.29, 0.717) is 40.3 Å². The molecule has 0 saturated carbocycles. The predicted octanol–water partition coefficient (Wildman–Crippen LogP) is 0.869. The van der Waals surface area contributed by atoms with Gasteiger partial charge in [-0.1, -0.05) is 0 Å². The maximum atomic E-state index is 13.6. The summed E-state index contributed by atoms with van der Waals surface area (Å²) in [5, 5.41) is 12.7. The Morgan fingerprint density at radius 3 is 2.50 bits per heavy atom. The minimum atomic E-state index is -1.71. The van der Waals surface area contributed by atoms with Crippen molar-refractivity contribution in [1.29, 1.82) is 0 Å². The van der Waals surface area contributed by atoms with Crippen molar-refractivity contribution in [1.82, 2.24) is 15.2 Å². The number of ether oxygens (including phenoxy) is 3. The van der Waals surface area contributed by atoms with Crippen LogP contribution in [0.5, 0.6) is 17.2 Å². The lowest BCUT2D eigenvalue weighted by Gasteiger charge is -2.23. The lowest BCUT2D eigenvalue weighted by Crippen LogP contribution is -2.52. The molecule has 0 bridgehead atoms. The number of aromatic nitrogens is 1. The molecule has 5 rings (SSSR count). The Morgan fingerprint density at radius 1 is 1.14 bits per heavy atom. The number of aliphatic hydroxyl groups is 1. The van der Waals surface area contributed by atoms with E-state index in [0.717, 1.165) is 0 Å². The topological polar surface area (TPSA) is 147 Å². The highest BCUT2D eigenvalue weighted by Gasteiger charge is 2.54. The Morgan fingerprint density at radius 2 is 1.86 bits per heavy atom. The third kappa shape index (κ3) is 3.08. The number of methoxy groups -OCH3 is 3. The SMILES string of the molecule is COc1cc2cc(C(=O)N3CCC4C3=CC(=O)C3=C4C(=O)C(C)(C(=O)CO)N3)[nH]c2c(OC)c1OC. The minimum absolute atomic E-state index is 0.0573. The highest BCUT2D eigenvalue weighted by molar-refractivity contribution is 6.26. The number of likely N-dealkylation sites (tertiary alicyclic amines) is 1. The van der Waals surface area contributed by atoms with E-state index in [1.807, 2.05) is 0 Å². The molecule has 2 aliphatic heterocycles. The third-order valence-electron chi connectivity index (χ3n) is 7.12. The summed E-state index contributed by atoms with van der Waals surface area (Å²) in [6, 6.07) is 3.38. The van der Waals surface area contributed by atoms with Gasteiger partial charge in [0.1, 0.15) is 12.3 Å². The van der Waals surface area contributed by atoms with Crippen LogP contribution >= 0.6 is 0 Å². The number of H-pyrrole nitrogens is 1. The molecule has 1 saturated heterocycles. The molecule has 1 aromatic carbocycles. The average molecular weight is 495 g/mol. The number of carbonyl (C=O) groups is 4. The van der Waals surface area contributed by atoms with Crippen molar-refractivity contribution in [3.63, 3.8) is 0 Å². The lowest BCUT2D eigenvalue weighted by molar-refractivity contribution is -0.134. The van der Waals surface area contributed by atoms with Crippen molar-refractivity contribution in [2.24, 2.45) is 5.92 Å². The molecule has 3 N–H and O–H groups in total. The maximum Gasteiger partial charge on any atom is 0.274 e. The van der Waals surface area contributed by atoms with Crippen LogP contribution in [0.15, 0.2) is 35.2 Å². The van der Waals surface area contributed by atoms with Crippen LogP contribution in [0.25, 0.3) is 10.9 Å². The van der Waals surface area contributed by atoms with Gasteiger partial charge >= 0.3 is 0 Å². The van der Waals surface area contributed by atoms with Crippen LogP contribution in [-0.4, -0.2) is 78.3 Å². The number of benzene rings is 1. The van der Waals surface area contributed by atoms with Crippen LogP contribution in [0.1, 0.15) is 23.8 Å². The molecule has 11 heteroatoms. The Bertz CT molecular complexity index is 1420. The molecule has 1 fully saturated rings. The molecule has 188 valence electrons. The van der Waals surface area contributed by atoms with E-state index in [-0.39, 0.29) is 29.4 Å². The lowest BCUT2D eigenvalue weighted by atomic mass is 9.82. The van der Waals surface area contributed by atoms with Gasteiger partial charge in [0.25, 0.3) is 5.91 Å². The van der Waals surface area contributed by atoms with Crippen molar-refractivity contribution in [2.45, 2.75) is 18.9 Å². The van der Waals surface area contributed by atoms with Gasteiger partial charge < -0.3 is 34.5 Å². The number of carbonyl (C=O) groups excluding carboxylic acids is 4. The third-order valence-corrected chi connectivity index (χ3v) is 7.12. The van der Waals surface area contributed by atoms with Gasteiger partial charge in [0.05, 0.1) is 32.5 Å². The quantitative estimate of drug-likeness (QED) is 0.497. The first-order valence-electron chi connectivity index (χ1n) is 11.3. The number of rotatable bonds is 6. The molecule has 2 atom stereocenters. The zero-order chi connectivity index (χ0) is 25.9. The molecule has 1 amide bonds. The van der Waals surface area contributed by atoms with Gasteiger partial charge in [-0.05, 0) is 25.5 Å². The van der Waals surface area contributed by atoms with Crippen molar-refractivity contribution >= 4 is 34.2 Å². The van der Waals surface area contributed by atoms with Crippen molar-refractivity contribution in [3.05, 3.63) is 40.9 Å². The summed E-state index contributed by atoms with van der Waals surface area (Å²) in [6.45, 7) is 0.799. The monoisotopic (exact) mass is 495 g/mol. The van der Waals surface area contributed by atoms with Gasteiger partial charge in [0.15, 0.2) is 28.6 Å². The van der Waals surface area contributed by atoms with E-state index in [1.54, 1.807) is 12.1 Å². The van der Waals surface area contributed by atoms with Crippen LogP contribution in [-0.2, 0) is 14.4 Å². The number of ketones is 3. The summed E-state index contributed by atoms with van der Waals surface area (Å²) in [4.78, 5) is 56.6. The highest BCUT2D eigenvalue weighted by atomic mass is 16.5. The van der Waals surface area contributed by atoms with Crippen molar-refractivity contribution < 1.29 is 38.5 Å².